The van der Waals surface area contributed by atoms with E-state index in [0.717, 1.165) is 28.1 Å². The summed E-state index contributed by atoms with van der Waals surface area (Å²) in [6, 6.07) is 16.8. The normalized spacial score (nSPS) is 12.1. The number of rotatable bonds is 10. The van der Waals surface area contributed by atoms with Crippen LogP contribution in [0.4, 0.5) is 5.69 Å². The van der Waals surface area contributed by atoms with Gasteiger partial charge in [0.2, 0.25) is 0 Å². The third-order valence-electron chi connectivity index (χ3n) is 6.94. The van der Waals surface area contributed by atoms with Gasteiger partial charge in [-0.1, -0.05) is 26.0 Å². The zero-order chi connectivity index (χ0) is 30.6. The highest BCUT2D eigenvalue weighted by Crippen LogP contribution is 2.34. The fraction of sp³-hybridized carbons (Fsp3) is 0.333. The average molecular weight is 571 g/mol. The second-order valence-corrected chi connectivity index (χ2v) is 10.5. The number of methoxy groups -OCH3 is 1. The Labute approximate surface area is 246 Å². The molecule has 9 nitrogen and oxygen atoms in total. The minimum Gasteiger partial charge on any atom is -0.494 e. The quantitative estimate of drug-likeness (QED) is 0.176. The molecule has 1 aromatic heterocycles. The number of hydrogen-bond donors (Lipinski definition) is 0. The molecule has 0 saturated heterocycles. The number of para-hydroxylation sites is 1. The number of anilines is 1. The second-order valence-electron chi connectivity index (χ2n) is 10.5. The van der Waals surface area contributed by atoms with E-state index in [9.17, 15) is 9.59 Å². The molecule has 1 heterocycles. The topological polar surface area (TPSA) is 95.3 Å². The predicted octanol–water partition coefficient (Wildman–Crippen LogP) is 5.78. The van der Waals surface area contributed by atoms with Gasteiger partial charge < -0.3 is 19.1 Å². The van der Waals surface area contributed by atoms with Crippen molar-refractivity contribution in [3.63, 3.8) is 0 Å². The highest BCUT2D eigenvalue weighted by Gasteiger charge is 2.20. The van der Waals surface area contributed by atoms with Gasteiger partial charge >= 0.3 is 5.97 Å². The number of carbonyl (C=O) groups is 1. The van der Waals surface area contributed by atoms with Gasteiger partial charge in [-0.2, -0.15) is 9.78 Å². The summed E-state index contributed by atoms with van der Waals surface area (Å²) in [5.41, 5.74) is 4.42. The monoisotopic (exact) mass is 570 g/mol. The minimum atomic E-state index is -0.846. The molecule has 220 valence electrons. The van der Waals surface area contributed by atoms with Crippen LogP contribution in [0, 0.1) is 6.92 Å². The number of aryl methyl sites for hydroxylation is 1. The van der Waals surface area contributed by atoms with E-state index >= 15 is 0 Å². The molecule has 0 radical (unpaired) electrons. The molecule has 0 spiro atoms. The van der Waals surface area contributed by atoms with Crippen LogP contribution in [0.15, 0.2) is 64.5 Å². The van der Waals surface area contributed by atoms with E-state index in [2.05, 4.69) is 18.9 Å². The number of ether oxygens (including phenoxy) is 3. The first-order valence-electron chi connectivity index (χ1n) is 13.9. The summed E-state index contributed by atoms with van der Waals surface area (Å²) in [6.07, 6.45) is 0.703. The molecule has 0 N–H and O–H groups in total. The Balaban J connectivity index is 1.93. The molecule has 4 aromatic rings. The van der Waals surface area contributed by atoms with Crippen molar-refractivity contribution < 1.29 is 19.0 Å². The van der Waals surface area contributed by atoms with Gasteiger partial charge in [-0.3, -0.25) is 4.79 Å². The van der Waals surface area contributed by atoms with Gasteiger partial charge in [0.25, 0.3) is 5.56 Å². The van der Waals surface area contributed by atoms with Crippen molar-refractivity contribution in [2.45, 2.75) is 46.6 Å². The standard InChI is InChI=1S/C33H38N4O5/c1-9-41-30-16-21(4)27(18-26(30)20(2)3)31-35-28-13-11-10-12-25(28)32(38)37(31)34-19-23-14-15-24(36(6)7)17-29(23)42-22(5)33(39)40-8/h10-20,22H,9H2,1-8H3/t22-/m1/s1. The zero-order valence-electron chi connectivity index (χ0n) is 25.5. The molecule has 0 fully saturated rings. The van der Waals surface area contributed by atoms with E-state index in [0.29, 0.717) is 34.6 Å². The highest BCUT2D eigenvalue weighted by molar-refractivity contribution is 5.86. The highest BCUT2D eigenvalue weighted by atomic mass is 16.6. The van der Waals surface area contributed by atoms with Crippen LogP contribution in [0.3, 0.4) is 0 Å². The number of aromatic nitrogens is 2. The molecular formula is C33H38N4O5. The summed E-state index contributed by atoms with van der Waals surface area (Å²) in [7, 11) is 5.14. The average Bonchev–Trinajstić information content (AvgIpc) is 2.96. The maximum Gasteiger partial charge on any atom is 0.346 e. The van der Waals surface area contributed by atoms with Gasteiger partial charge in [-0.15, -0.1) is 0 Å². The number of benzene rings is 3. The Morgan fingerprint density at radius 2 is 1.81 bits per heavy atom. The van der Waals surface area contributed by atoms with Gasteiger partial charge in [0, 0.05) is 37.0 Å². The van der Waals surface area contributed by atoms with Gasteiger partial charge in [0.05, 0.1) is 30.8 Å². The van der Waals surface area contributed by atoms with Crippen LogP contribution in [0.25, 0.3) is 22.3 Å². The fourth-order valence-corrected chi connectivity index (χ4v) is 4.61. The lowest BCUT2D eigenvalue weighted by Crippen LogP contribution is -2.25. The van der Waals surface area contributed by atoms with Crippen molar-refractivity contribution in [2.75, 3.05) is 32.7 Å². The molecule has 9 heteroatoms. The van der Waals surface area contributed by atoms with Crippen LogP contribution in [0.5, 0.6) is 11.5 Å². The summed E-state index contributed by atoms with van der Waals surface area (Å²) >= 11 is 0. The first-order chi connectivity index (χ1) is 20.0. The lowest BCUT2D eigenvalue weighted by molar-refractivity contribution is -0.147. The first-order valence-corrected chi connectivity index (χ1v) is 13.9. The van der Waals surface area contributed by atoms with Crippen molar-refractivity contribution in [1.29, 1.82) is 0 Å². The number of fused-ring (bicyclic) bond motifs is 1. The van der Waals surface area contributed by atoms with E-state index in [1.54, 1.807) is 25.3 Å². The Hall–Kier alpha value is -4.66. The van der Waals surface area contributed by atoms with Gasteiger partial charge in [-0.25, -0.2) is 9.78 Å². The van der Waals surface area contributed by atoms with E-state index in [-0.39, 0.29) is 11.5 Å². The largest absolute Gasteiger partial charge is 0.494 e. The predicted molar refractivity (Wildman–Crippen MR) is 167 cm³/mol. The Morgan fingerprint density at radius 3 is 2.48 bits per heavy atom. The number of esters is 1. The molecule has 0 amide bonds. The van der Waals surface area contributed by atoms with Gasteiger partial charge in [-0.05, 0) is 74.2 Å². The molecule has 0 aliphatic heterocycles. The van der Waals surface area contributed by atoms with Crippen LogP contribution in [0.1, 0.15) is 50.3 Å². The molecule has 0 aliphatic rings. The summed E-state index contributed by atoms with van der Waals surface area (Å²) in [6.45, 7) is 10.3. The van der Waals surface area contributed by atoms with Gasteiger partial charge in [0.1, 0.15) is 11.5 Å². The van der Waals surface area contributed by atoms with Gasteiger partial charge in [0.15, 0.2) is 11.9 Å². The Morgan fingerprint density at radius 1 is 1.07 bits per heavy atom. The lowest BCUT2D eigenvalue weighted by atomic mass is 9.96. The molecule has 0 bridgehead atoms. The molecule has 0 aliphatic carbocycles. The second kappa shape index (κ2) is 12.9. The third-order valence-corrected chi connectivity index (χ3v) is 6.94. The molecule has 4 rings (SSSR count). The molecule has 1 atom stereocenters. The van der Waals surface area contributed by atoms with Crippen molar-refractivity contribution in [3.05, 3.63) is 81.6 Å². The van der Waals surface area contributed by atoms with Crippen LogP contribution in [0.2, 0.25) is 0 Å². The van der Waals surface area contributed by atoms with Crippen LogP contribution in [-0.4, -0.2) is 55.8 Å². The number of nitrogens with zero attached hydrogens (tertiary/aromatic N) is 4. The van der Waals surface area contributed by atoms with E-state index < -0.39 is 12.1 Å². The maximum atomic E-state index is 13.9. The molecular weight excluding hydrogens is 532 g/mol. The molecule has 0 unspecified atom stereocenters. The smallest absolute Gasteiger partial charge is 0.346 e. The van der Waals surface area contributed by atoms with Crippen molar-refractivity contribution >= 4 is 28.8 Å². The van der Waals surface area contributed by atoms with Crippen molar-refractivity contribution in [3.8, 4) is 22.9 Å². The van der Waals surface area contributed by atoms with Crippen LogP contribution >= 0.6 is 0 Å². The maximum absolute atomic E-state index is 13.9. The SMILES string of the molecule is CCOc1cc(C)c(-c2nc3ccccc3c(=O)n2N=Cc2ccc(N(C)C)cc2O[C@H](C)C(=O)OC)cc1C(C)C. The number of carbonyl (C=O) groups excluding carboxylic acids is 1. The van der Waals surface area contributed by atoms with E-state index in [1.807, 2.05) is 75.3 Å². The number of hydrogen-bond acceptors (Lipinski definition) is 8. The van der Waals surface area contributed by atoms with E-state index in [1.165, 1.54) is 11.8 Å². The van der Waals surface area contributed by atoms with E-state index in [4.69, 9.17) is 19.2 Å². The minimum absolute atomic E-state index is 0.182. The lowest BCUT2D eigenvalue weighted by Gasteiger charge is -2.19. The summed E-state index contributed by atoms with van der Waals surface area (Å²) in [5, 5.41) is 5.11. The summed E-state index contributed by atoms with van der Waals surface area (Å²) in [4.78, 5) is 32.8. The molecule has 42 heavy (non-hydrogen) atoms. The Kier molecular flexibility index (Phi) is 9.30. The van der Waals surface area contributed by atoms with Crippen molar-refractivity contribution in [2.24, 2.45) is 5.10 Å². The first kappa shape index (κ1) is 30.3. The van der Waals surface area contributed by atoms with Crippen LogP contribution in [-0.2, 0) is 9.53 Å². The fourth-order valence-electron chi connectivity index (χ4n) is 4.61. The summed E-state index contributed by atoms with van der Waals surface area (Å²) in [5.74, 6) is 1.33. The Bertz CT molecular complexity index is 1690. The third kappa shape index (κ3) is 6.30. The molecule has 3 aromatic carbocycles. The summed E-state index contributed by atoms with van der Waals surface area (Å²) < 4.78 is 18.1. The molecule has 0 saturated carbocycles. The van der Waals surface area contributed by atoms with Crippen LogP contribution < -0.4 is 19.9 Å². The zero-order valence-corrected chi connectivity index (χ0v) is 25.5. The van der Waals surface area contributed by atoms with Crippen molar-refractivity contribution in [1.82, 2.24) is 9.66 Å².